The molecule has 1 amide bonds. The maximum Gasteiger partial charge on any atom is 0.271 e. The molecule has 0 aliphatic carbocycles. The van der Waals surface area contributed by atoms with E-state index >= 15 is 0 Å². The molecule has 2 aliphatic heterocycles. The molecule has 3 heterocycles. The number of hydrogen-bond acceptors (Lipinski definition) is 6. The van der Waals surface area contributed by atoms with Crippen LogP contribution in [0.15, 0.2) is 39.9 Å². The molecular weight excluding hydrogens is 420 g/mol. The molecule has 7 nitrogen and oxygen atoms in total. The molecule has 9 heteroatoms. The second kappa shape index (κ2) is 8.95. The Hall–Kier alpha value is -2.10. The summed E-state index contributed by atoms with van der Waals surface area (Å²) >= 11 is 1.17. The zero-order valence-electron chi connectivity index (χ0n) is 17.1. The lowest BCUT2D eigenvalue weighted by molar-refractivity contribution is 0.0683. The smallest absolute Gasteiger partial charge is 0.271 e. The van der Waals surface area contributed by atoms with Gasteiger partial charge in [-0.05, 0) is 48.4 Å². The monoisotopic (exact) mass is 448 g/mol. The third-order valence-electron chi connectivity index (χ3n) is 5.65. The quantitative estimate of drug-likeness (QED) is 0.735. The molecule has 1 aromatic heterocycles. The molecule has 2 aromatic rings. The maximum atomic E-state index is 13.1. The van der Waals surface area contributed by atoms with Gasteiger partial charge in [0.2, 0.25) is 0 Å². The normalized spacial score (nSPS) is 20.2. The van der Waals surface area contributed by atoms with E-state index in [1.165, 1.54) is 11.3 Å². The van der Waals surface area contributed by atoms with Gasteiger partial charge in [-0.1, -0.05) is 13.0 Å². The second-order valence-corrected chi connectivity index (χ2v) is 10.9. The van der Waals surface area contributed by atoms with E-state index in [-0.39, 0.29) is 10.1 Å². The maximum absolute atomic E-state index is 13.1. The highest BCUT2D eigenvalue weighted by Gasteiger charge is 2.25. The summed E-state index contributed by atoms with van der Waals surface area (Å²) in [4.78, 5) is 17.1. The highest BCUT2D eigenvalue weighted by Crippen LogP contribution is 2.31. The molecule has 2 aliphatic rings. The summed E-state index contributed by atoms with van der Waals surface area (Å²) in [5.41, 5.74) is 1.79. The number of benzene rings is 1. The molecule has 162 valence electrons. The lowest BCUT2D eigenvalue weighted by atomic mass is 9.99. The summed E-state index contributed by atoms with van der Waals surface area (Å²) in [6.07, 6.45) is 2.14. The topological polar surface area (TPSA) is 81.8 Å². The van der Waals surface area contributed by atoms with Crippen LogP contribution in [-0.2, 0) is 10.0 Å². The van der Waals surface area contributed by atoms with Crippen molar-refractivity contribution in [3.05, 3.63) is 41.3 Å². The molecular formula is C21H28N4O3S2. The molecule has 2 fully saturated rings. The van der Waals surface area contributed by atoms with Gasteiger partial charge in [0.25, 0.3) is 15.9 Å². The fourth-order valence-electron chi connectivity index (χ4n) is 4.10. The van der Waals surface area contributed by atoms with E-state index in [1.807, 2.05) is 17.0 Å². The predicted molar refractivity (Wildman–Crippen MR) is 121 cm³/mol. The lowest BCUT2D eigenvalue weighted by Gasteiger charge is -2.33. The van der Waals surface area contributed by atoms with Gasteiger partial charge in [-0.3, -0.25) is 9.52 Å². The molecule has 1 aromatic carbocycles. The number of rotatable bonds is 5. The Kier molecular flexibility index (Phi) is 6.31. The van der Waals surface area contributed by atoms with Crippen LogP contribution >= 0.6 is 11.3 Å². The van der Waals surface area contributed by atoms with Crippen LogP contribution in [0.5, 0.6) is 0 Å². The average Bonchev–Trinajstić information content (AvgIpc) is 3.30. The SMILES string of the molecule is C[C@H]1CCCN(C(=O)c2ccc(N3CCNCC3)c(NS(=O)(=O)c3cccs3)c2)C1. The first kappa shape index (κ1) is 21.1. The van der Waals surface area contributed by atoms with Crippen molar-refractivity contribution < 1.29 is 13.2 Å². The van der Waals surface area contributed by atoms with E-state index in [1.54, 1.807) is 23.6 Å². The molecule has 4 rings (SSSR count). The third kappa shape index (κ3) is 4.63. The molecule has 2 N–H and O–H groups in total. The predicted octanol–water partition coefficient (Wildman–Crippen LogP) is 2.83. The number of hydrogen-bond donors (Lipinski definition) is 2. The fraction of sp³-hybridized carbons (Fsp3) is 0.476. The number of piperazine rings is 1. The lowest BCUT2D eigenvalue weighted by Crippen LogP contribution is -2.44. The zero-order chi connectivity index (χ0) is 21.1. The minimum atomic E-state index is -3.71. The van der Waals surface area contributed by atoms with Gasteiger partial charge >= 0.3 is 0 Å². The van der Waals surface area contributed by atoms with Gasteiger partial charge in [0.05, 0.1) is 11.4 Å². The summed E-state index contributed by atoms with van der Waals surface area (Å²) in [6.45, 7) is 6.89. The first-order chi connectivity index (χ1) is 14.4. The van der Waals surface area contributed by atoms with Gasteiger partial charge in [-0.15, -0.1) is 11.3 Å². The van der Waals surface area contributed by atoms with Crippen molar-refractivity contribution in [1.82, 2.24) is 10.2 Å². The van der Waals surface area contributed by atoms with Crippen molar-refractivity contribution >= 4 is 38.6 Å². The van der Waals surface area contributed by atoms with Crippen LogP contribution in [-0.4, -0.2) is 58.5 Å². The number of piperidine rings is 1. The van der Waals surface area contributed by atoms with Crippen molar-refractivity contribution in [1.29, 1.82) is 0 Å². The minimum absolute atomic E-state index is 0.0371. The number of nitrogens with zero attached hydrogens (tertiary/aromatic N) is 2. The molecule has 2 saturated heterocycles. The number of amides is 1. The standard InChI is InChI=1S/C21H28N4O3S2/c1-16-4-2-10-25(15-16)21(26)17-6-7-19(24-11-8-22-9-12-24)18(14-17)23-30(27,28)20-5-3-13-29-20/h3,5-7,13-14,16,22-23H,2,4,8-12,15H2,1H3/t16-/m0/s1. The number of thiophene rings is 1. The molecule has 0 bridgehead atoms. The van der Waals surface area contributed by atoms with E-state index in [9.17, 15) is 13.2 Å². The second-order valence-electron chi connectivity index (χ2n) is 8.01. The van der Waals surface area contributed by atoms with E-state index in [0.29, 0.717) is 17.2 Å². The number of anilines is 2. The van der Waals surface area contributed by atoms with Crippen LogP contribution in [0.3, 0.4) is 0 Å². The Morgan fingerprint density at radius 3 is 2.70 bits per heavy atom. The third-order valence-corrected chi connectivity index (χ3v) is 8.41. The van der Waals surface area contributed by atoms with Crippen LogP contribution in [0, 0.1) is 5.92 Å². The Morgan fingerprint density at radius 1 is 1.20 bits per heavy atom. The van der Waals surface area contributed by atoms with Crippen molar-refractivity contribution in [3.8, 4) is 0 Å². The fourth-order valence-corrected chi connectivity index (χ4v) is 6.16. The van der Waals surface area contributed by atoms with Gasteiger partial charge in [-0.25, -0.2) is 8.42 Å². The molecule has 1 atom stereocenters. The van der Waals surface area contributed by atoms with Crippen molar-refractivity contribution in [2.24, 2.45) is 5.92 Å². The summed E-state index contributed by atoms with van der Waals surface area (Å²) in [5.74, 6) is 0.449. The highest BCUT2D eigenvalue weighted by atomic mass is 32.2. The molecule has 30 heavy (non-hydrogen) atoms. The van der Waals surface area contributed by atoms with Crippen LogP contribution in [0.2, 0.25) is 0 Å². The van der Waals surface area contributed by atoms with Crippen molar-refractivity contribution in [2.45, 2.75) is 24.0 Å². The first-order valence-corrected chi connectivity index (χ1v) is 12.8. The Balaban J connectivity index is 1.66. The van der Waals surface area contributed by atoms with Crippen LogP contribution in [0.25, 0.3) is 0 Å². The van der Waals surface area contributed by atoms with E-state index in [2.05, 4.69) is 21.9 Å². The van der Waals surface area contributed by atoms with E-state index in [4.69, 9.17) is 0 Å². The summed E-state index contributed by atoms with van der Waals surface area (Å²) in [7, 11) is -3.71. The number of carbonyl (C=O) groups is 1. The largest absolute Gasteiger partial charge is 0.367 e. The van der Waals surface area contributed by atoms with E-state index < -0.39 is 10.0 Å². The Morgan fingerprint density at radius 2 is 2.00 bits per heavy atom. The Bertz CT molecular complexity index is 986. The van der Waals surface area contributed by atoms with Gasteiger partial charge < -0.3 is 15.1 Å². The first-order valence-electron chi connectivity index (χ1n) is 10.4. The molecule has 0 radical (unpaired) electrons. The number of nitrogens with one attached hydrogen (secondary N) is 2. The average molecular weight is 449 g/mol. The van der Waals surface area contributed by atoms with Crippen molar-refractivity contribution in [3.63, 3.8) is 0 Å². The number of sulfonamides is 1. The highest BCUT2D eigenvalue weighted by molar-refractivity contribution is 7.94. The minimum Gasteiger partial charge on any atom is -0.367 e. The summed E-state index contributed by atoms with van der Waals surface area (Å²) in [6, 6.07) is 8.69. The Labute approximate surface area is 182 Å². The summed E-state index contributed by atoms with van der Waals surface area (Å²) < 4.78 is 28.8. The molecule has 0 unspecified atom stereocenters. The number of carbonyl (C=O) groups excluding carboxylic acids is 1. The molecule has 0 spiro atoms. The molecule has 0 saturated carbocycles. The van der Waals surface area contributed by atoms with Gasteiger partial charge in [0.15, 0.2) is 0 Å². The summed E-state index contributed by atoms with van der Waals surface area (Å²) in [5, 5.41) is 5.05. The number of likely N-dealkylation sites (tertiary alicyclic amines) is 1. The van der Waals surface area contributed by atoms with Crippen LogP contribution in [0.4, 0.5) is 11.4 Å². The van der Waals surface area contributed by atoms with Crippen LogP contribution in [0.1, 0.15) is 30.1 Å². The zero-order valence-corrected chi connectivity index (χ0v) is 18.8. The van der Waals surface area contributed by atoms with Gasteiger partial charge in [-0.2, -0.15) is 0 Å². The van der Waals surface area contributed by atoms with Gasteiger partial charge in [0.1, 0.15) is 4.21 Å². The van der Waals surface area contributed by atoms with Gasteiger partial charge in [0, 0.05) is 44.8 Å². The van der Waals surface area contributed by atoms with Crippen LogP contribution < -0.4 is 14.9 Å². The van der Waals surface area contributed by atoms with E-state index in [0.717, 1.165) is 57.8 Å². The van der Waals surface area contributed by atoms with Crippen molar-refractivity contribution in [2.75, 3.05) is 48.9 Å².